The molecular weight excluding hydrogens is 248 g/mol. The van der Waals surface area contributed by atoms with E-state index < -0.39 is 5.41 Å². The van der Waals surface area contributed by atoms with Crippen LogP contribution in [-0.4, -0.2) is 29.6 Å². The van der Waals surface area contributed by atoms with Crippen LogP contribution in [0, 0.1) is 5.41 Å². The van der Waals surface area contributed by atoms with E-state index in [1.807, 2.05) is 13.8 Å². The van der Waals surface area contributed by atoms with Crippen LogP contribution in [-0.2, 0) is 9.53 Å². The molecular formula is C13H24N2O2S. The second-order valence-corrected chi connectivity index (χ2v) is 5.72. The van der Waals surface area contributed by atoms with Gasteiger partial charge in [0.05, 0.1) is 10.4 Å². The van der Waals surface area contributed by atoms with Crippen molar-refractivity contribution in [2.24, 2.45) is 11.1 Å². The number of hydrogen-bond acceptors (Lipinski definition) is 3. The van der Waals surface area contributed by atoms with Crippen molar-refractivity contribution in [2.75, 3.05) is 13.2 Å². The van der Waals surface area contributed by atoms with Gasteiger partial charge in [-0.1, -0.05) is 26.1 Å². The zero-order valence-electron chi connectivity index (χ0n) is 11.5. The van der Waals surface area contributed by atoms with Gasteiger partial charge in [-0.05, 0) is 32.6 Å². The molecule has 104 valence electrons. The second kappa shape index (κ2) is 5.97. The van der Waals surface area contributed by atoms with Crippen molar-refractivity contribution in [3.63, 3.8) is 0 Å². The van der Waals surface area contributed by atoms with Crippen LogP contribution in [0.4, 0.5) is 0 Å². The number of rotatable bonds is 5. The highest BCUT2D eigenvalue weighted by Crippen LogP contribution is 2.29. The molecule has 1 saturated heterocycles. The van der Waals surface area contributed by atoms with Crippen molar-refractivity contribution in [3.05, 3.63) is 0 Å². The summed E-state index contributed by atoms with van der Waals surface area (Å²) in [7, 11) is 0. The summed E-state index contributed by atoms with van der Waals surface area (Å²) in [5, 5.41) is 3.13. The van der Waals surface area contributed by atoms with E-state index in [4.69, 9.17) is 22.7 Å². The largest absolute Gasteiger partial charge is 0.392 e. The molecule has 0 aliphatic carbocycles. The van der Waals surface area contributed by atoms with Gasteiger partial charge in [-0.15, -0.1) is 0 Å². The molecule has 0 atom stereocenters. The van der Waals surface area contributed by atoms with Crippen molar-refractivity contribution < 1.29 is 9.53 Å². The zero-order valence-corrected chi connectivity index (χ0v) is 12.4. The number of amides is 1. The smallest absolute Gasteiger partial charge is 0.233 e. The number of nitrogens with two attached hydrogens (primary N) is 1. The van der Waals surface area contributed by atoms with E-state index in [0.29, 0.717) is 31.0 Å². The number of hydrogen-bond donors (Lipinski definition) is 2. The summed E-state index contributed by atoms with van der Waals surface area (Å²) in [6.45, 7) is 7.34. The van der Waals surface area contributed by atoms with Gasteiger partial charge >= 0.3 is 0 Å². The first-order chi connectivity index (χ1) is 8.40. The van der Waals surface area contributed by atoms with Gasteiger partial charge < -0.3 is 15.8 Å². The summed E-state index contributed by atoms with van der Waals surface area (Å²) in [5.41, 5.74) is 4.88. The normalized spacial score (nSPS) is 19.3. The van der Waals surface area contributed by atoms with Crippen LogP contribution in [0.25, 0.3) is 0 Å². The van der Waals surface area contributed by atoms with Crippen molar-refractivity contribution in [3.8, 4) is 0 Å². The molecule has 1 fully saturated rings. The first-order valence-electron chi connectivity index (χ1n) is 6.60. The molecule has 4 nitrogen and oxygen atoms in total. The van der Waals surface area contributed by atoms with Crippen LogP contribution in [0.1, 0.15) is 46.5 Å². The molecule has 0 unspecified atom stereocenters. The maximum atomic E-state index is 12.5. The number of carbonyl (C=O) groups is 1. The van der Waals surface area contributed by atoms with Crippen LogP contribution < -0.4 is 11.1 Å². The number of ether oxygens (including phenoxy) is 1. The van der Waals surface area contributed by atoms with Gasteiger partial charge in [-0.3, -0.25) is 4.79 Å². The van der Waals surface area contributed by atoms with Gasteiger partial charge in [0.1, 0.15) is 0 Å². The number of thiocarbonyl (C=S) groups is 1. The highest BCUT2D eigenvalue weighted by molar-refractivity contribution is 7.80. The molecule has 0 aromatic carbocycles. The topological polar surface area (TPSA) is 64.3 Å². The van der Waals surface area contributed by atoms with Crippen LogP contribution in [0.3, 0.4) is 0 Å². The van der Waals surface area contributed by atoms with E-state index in [1.54, 1.807) is 0 Å². The first kappa shape index (κ1) is 15.4. The lowest BCUT2D eigenvalue weighted by Gasteiger charge is -2.38. The predicted molar refractivity (Wildman–Crippen MR) is 76.4 cm³/mol. The summed E-state index contributed by atoms with van der Waals surface area (Å²) >= 11 is 5.10. The Labute approximate surface area is 115 Å². The first-order valence-corrected chi connectivity index (χ1v) is 7.01. The van der Waals surface area contributed by atoms with Crippen LogP contribution >= 0.6 is 12.2 Å². The highest BCUT2D eigenvalue weighted by Gasteiger charge is 2.41. The van der Waals surface area contributed by atoms with Gasteiger partial charge in [0.2, 0.25) is 5.91 Å². The maximum Gasteiger partial charge on any atom is 0.233 e. The van der Waals surface area contributed by atoms with E-state index in [0.717, 1.165) is 12.8 Å². The lowest BCUT2D eigenvalue weighted by molar-refractivity contribution is -0.130. The van der Waals surface area contributed by atoms with E-state index >= 15 is 0 Å². The Bertz CT molecular complexity index is 321. The van der Waals surface area contributed by atoms with E-state index in [9.17, 15) is 4.79 Å². The molecule has 3 N–H and O–H groups in total. The average molecular weight is 272 g/mol. The molecule has 0 saturated carbocycles. The van der Waals surface area contributed by atoms with Crippen LogP contribution in [0.15, 0.2) is 0 Å². The van der Waals surface area contributed by atoms with Gasteiger partial charge in [0.25, 0.3) is 0 Å². The van der Waals surface area contributed by atoms with Gasteiger partial charge in [-0.25, -0.2) is 0 Å². The summed E-state index contributed by atoms with van der Waals surface area (Å²) in [5.74, 6) is -0.0376. The predicted octanol–water partition coefficient (Wildman–Crippen LogP) is 1.76. The summed E-state index contributed by atoms with van der Waals surface area (Å²) < 4.78 is 5.33. The quantitative estimate of drug-likeness (QED) is 0.749. The number of nitrogens with one attached hydrogen (secondary N) is 1. The molecule has 1 amide bonds. The minimum absolute atomic E-state index is 0.0376. The molecule has 0 aromatic heterocycles. The van der Waals surface area contributed by atoms with E-state index in [1.165, 1.54) is 0 Å². The third-order valence-corrected chi connectivity index (χ3v) is 4.52. The Morgan fingerprint density at radius 1 is 1.39 bits per heavy atom. The highest BCUT2D eigenvalue weighted by atomic mass is 32.1. The molecule has 0 radical (unpaired) electrons. The molecule has 0 aromatic rings. The third kappa shape index (κ3) is 3.01. The van der Waals surface area contributed by atoms with Crippen LogP contribution in [0.5, 0.6) is 0 Å². The molecule has 1 heterocycles. The molecule has 1 aliphatic heterocycles. The molecule has 0 bridgehead atoms. The second-order valence-electron chi connectivity index (χ2n) is 5.28. The standard InChI is InChI=1S/C13H24N2O2S/c1-4-13(5-2,10(14)18)11(16)15-12(3)6-8-17-9-7-12/h4-9H2,1-3H3,(H2,14,18)(H,15,16). The molecule has 18 heavy (non-hydrogen) atoms. The van der Waals surface area contributed by atoms with Gasteiger partial charge in [-0.2, -0.15) is 0 Å². The Balaban J connectivity index is 2.81. The fourth-order valence-electron chi connectivity index (χ4n) is 2.37. The molecule has 1 rings (SSSR count). The van der Waals surface area contributed by atoms with Gasteiger partial charge in [0.15, 0.2) is 0 Å². The van der Waals surface area contributed by atoms with Crippen molar-refractivity contribution in [1.82, 2.24) is 5.32 Å². The summed E-state index contributed by atoms with van der Waals surface area (Å²) in [6, 6.07) is 0. The SMILES string of the molecule is CCC(CC)(C(=O)NC1(C)CCOCC1)C(N)=S. The Hall–Kier alpha value is -0.680. The summed E-state index contributed by atoms with van der Waals surface area (Å²) in [4.78, 5) is 12.8. The lowest BCUT2D eigenvalue weighted by Crippen LogP contribution is -2.57. The Morgan fingerprint density at radius 2 is 1.89 bits per heavy atom. The average Bonchev–Trinajstić information content (AvgIpc) is 2.31. The van der Waals surface area contributed by atoms with E-state index in [-0.39, 0.29) is 11.4 Å². The molecule has 5 heteroatoms. The Kier molecular flexibility index (Phi) is 5.10. The molecule has 1 aliphatic rings. The Morgan fingerprint density at radius 3 is 2.28 bits per heavy atom. The van der Waals surface area contributed by atoms with Crippen molar-refractivity contribution >= 4 is 23.1 Å². The van der Waals surface area contributed by atoms with E-state index in [2.05, 4.69) is 12.2 Å². The van der Waals surface area contributed by atoms with Crippen molar-refractivity contribution in [1.29, 1.82) is 0 Å². The lowest BCUT2D eigenvalue weighted by atomic mass is 9.79. The fourth-order valence-corrected chi connectivity index (χ4v) is 2.75. The van der Waals surface area contributed by atoms with Crippen LogP contribution in [0.2, 0.25) is 0 Å². The zero-order chi connectivity index (χ0) is 13.8. The third-order valence-electron chi connectivity index (χ3n) is 4.13. The molecule has 0 spiro atoms. The fraction of sp³-hybridized carbons (Fsp3) is 0.846. The summed E-state index contributed by atoms with van der Waals surface area (Å²) in [6.07, 6.45) is 2.94. The minimum atomic E-state index is -0.712. The number of carbonyl (C=O) groups excluding carboxylic acids is 1. The monoisotopic (exact) mass is 272 g/mol. The minimum Gasteiger partial charge on any atom is -0.392 e. The maximum absolute atomic E-state index is 12.5. The van der Waals surface area contributed by atoms with Crippen molar-refractivity contribution in [2.45, 2.75) is 52.0 Å². The van der Waals surface area contributed by atoms with Gasteiger partial charge in [0, 0.05) is 18.8 Å².